The van der Waals surface area contributed by atoms with Crippen LogP contribution in [0.4, 0.5) is 16.1 Å². The van der Waals surface area contributed by atoms with E-state index in [0.717, 1.165) is 25.7 Å². The molecule has 1 aliphatic carbocycles. The number of halogens is 1. The van der Waals surface area contributed by atoms with Gasteiger partial charge in [0.25, 0.3) is 0 Å². The first kappa shape index (κ1) is 19.0. The summed E-state index contributed by atoms with van der Waals surface area (Å²) in [4.78, 5) is 19.0. The van der Waals surface area contributed by atoms with Crippen molar-refractivity contribution >= 4 is 34.8 Å². The molecule has 0 spiro atoms. The van der Waals surface area contributed by atoms with Crippen LogP contribution in [0.3, 0.4) is 0 Å². The van der Waals surface area contributed by atoms with Crippen molar-refractivity contribution in [2.75, 3.05) is 5.32 Å². The van der Waals surface area contributed by atoms with Gasteiger partial charge in [-0.2, -0.15) is 0 Å². The molecule has 8 nitrogen and oxygen atoms in total. The minimum Gasteiger partial charge on any atom is -0.401 e. The molecule has 2 aromatic heterocycles. The molecular weight excluding hydrogens is 379 g/mol. The van der Waals surface area contributed by atoms with Crippen molar-refractivity contribution in [3.8, 4) is 0 Å². The van der Waals surface area contributed by atoms with Gasteiger partial charge in [0.15, 0.2) is 5.82 Å². The number of aliphatic hydroxyl groups excluding tert-OH is 1. The molecule has 0 aliphatic heterocycles. The molecule has 1 saturated carbocycles. The van der Waals surface area contributed by atoms with Crippen LogP contribution in [-0.4, -0.2) is 32.1 Å². The summed E-state index contributed by atoms with van der Waals surface area (Å²) in [7, 11) is 0. The van der Waals surface area contributed by atoms with Gasteiger partial charge in [0.2, 0.25) is 0 Å². The smallest absolute Gasteiger partial charge is 0.401 e. The van der Waals surface area contributed by atoms with E-state index in [1.165, 1.54) is 30.3 Å². The zero-order valence-corrected chi connectivity index (χ0v) is 15.4. The summed E-state index contributed by atoms with van der Waals surface area (Å²) < 4.78 is 18.8. The second-order valence-electron chi connectivity index (χ2n) is 7.01. The molecule has 0 unspecified atom stereocenters. The molecule has 4 rings (SSSR count). The largest absolute Gasteiger partial charge is 0.433 e. The SMILES string of the molecule is O=[N+]([O-])c1ccc(C=Cc2nc(NC3CCC(O)CC3)c3ccc(F)cc3n2)o1. The highest BCUT2D eigenvalue weighted by atomic mass is 19.1. The number of anilines is 1. The zero-order chi connectivity index (χ0) is 20.4. The summed E-state index contributed by atoms with van der Waals surface area (Å²) in [6, 6.07) is 7.23. The van der Waals surface area contributed by atoms with Gasteiger partial charge >= 0.3 is 5.88 Å². The lowest BCUT2D eigenvalue weighted by atomic mass is 9.93. The number of benzene rings is 1. The summed E-state index contributed by atoms with van der Waals surface area (Å²) >= 11 is 0. The molecule has 2 heterocycles. The topological polar surface area (TPSA) is 114 Å². The van der Waals surface area contributed by atoms with Crippen LogP contribution in [0.15, 0.2) is 34.7 Å². The summed E-state index contributed by atoms with van der Waals surface area (Å²) in [5.41, 5.74) is 0.448. The lowest BCUT2D eigenvalue weighted by Crippen LogP contribution is -2.28. The fourth-order valence-corrected chi connectivity index (χ4v) is 3.41. The van der Waals surface area contributed by atoms with Gasteiger partial charge in [-0.25, -0.2) is 14.4 Å². The van der Waals surface area contributed by atoms with Gasteiger partial charge in [-0.3, -0.25) is 10.1 Å². The van der Waals surface area contributed by atoms with E-state index in [2.05, 4.69) is 15.3 Å². The lowest BCUT2D eigenvalue weighted by molar-refractivity contribution is -0.402. The number of fused-ring (bicyclic) bond motifs is 1. The van der Waals surface area contributed by atoms with Crippen molar-refractivity contribution in [1.29, 1.82) is 0 Å². The number of hydrogen-bond donors (Lipinski definition) is 2. The van der Waals surface area contributed by atoms with E-state index < -0.39 is 10.7 Å². The number of nitro groups is 1. The van der Waals surface area contributed by atoms with Crippen molar-refractivity contribution < 1.29 is 18.8 Å². The second kappa shape index (κ2) is 7.96. The third-order valence-electron chi connectivity index (χ3n) is 4.90. The Morgan fingerprint density at radius 2 is 1.97 bits per heavy atom. The predicted octanol–water partition coefficient (Wildman–Crippen LogP) is 4.16. The monoisotopic (exact) mass is 398 g/mol. The summed E-state index contributed by atoms with van der Waals surface area (Å²) in [5, 5.41) is 24.5. The van der Waals surface area contributed by atoms with E-state index in [-0.39, 0.29) is 23.8 Å². The minimum absolute atomic E-state index is 0.158. The van der Waals surface area contributed by atoms with Crippen LogP contribution in [0, 0.1) is 15.9 Å². The highest BCUT2D eigenvalue weighted by molar-refractivity contribution is 5.90. The maximum atomic E-state index is 13.7. The Bertz CT molecular complexity index is 1070. The Labute approximate surface area is 165 Å². The highest BCUT2D eigenvalue weighted by Gasteiger charge is 2.20. The fraction of sp³-hybridized carbons (Fsp3) is 0.300. The molecule has 0 atom stereocenters. The number of furan rings is 1. The van der Waals surface area contributed by atoms with Crippen LogP contribution < -0.4 is 5.32 Å². The molecule has 2 N–H and O–H groups in total. The Kier molecular flexibility index (Phi) is 5.22. The van der Waals surface area contributed by atoms with Gasteiger partial charge < -0.3 is 14.8 Å². The van der Waals surface area contributed by atoms with Crippen molar-refractivity contribution in [2.45, 2.75) is 37.8 Å². The van der Waals surface area contributed by atoms with Crippen LogP contribution >= 0.6 is 0 Å². The Morgan fingerprint density at radius 1 is 1.17 bits per heavy atom. The number of nitrogens with zero attached hydrogens (tertiary/aromatic N) is 3. The van der Waals surface area contributed by atoms with Gasteiger partial charge in [-0.15, -0.1) is 0 Å². The molecular formula is C20H19FN4O4. The van der Waals surface area contributed by atoms with E-state index in [1.54, 1.807) is 12.1 Å². The van der Waals surface area contributed by atoms with Gasteiger partial charge in [0, 0.05) is 17.5 Å². The molecule has 0 amide bonds. The first-order chi connectivity index (χ1) is 14.0. The van der Waals surface area contributed by atoms with Gasteiger partial charge in [0.05, 0.1) is 17.7 Å². The van der Waals surface area contributed by atoms with Gasteiger partial charge in [-0.05, 0) is 56.0 Å². The molecule has 0 saturated heterocycles. The number of hydrogen-bond acceptors (Lipinski definition) is 7. The van der Waals surface area contributed by atoms with Crippen LogP contribution in [0.5, 0.6) is 0 Å². The standard InChI is InChI=1S/C20H19FN4O4/c21-12-1-8-16-17(11-12)23-18(9-6-15-7-10-19(29-15)25(27)28)24-20(16)22-13-2-4-14(26)5-3-13/h1,6-11,13-14,26H,2-5H2,(H,22,23,24). The molecule has 0 bridgehead atoms. The third kappa shape index (κ3) is 4.40. The average Bonchev–Trinajstić information content (AvgIpc) is 3.17. The van der Waals surface area contributed by atoms with Crippen LogP contribution in [0.25, 0.3) is 23.1 Å². The molecule has 150 valence electrons. The van der Waals surface area contributed by atoms with E-state index >= 15 is 0 Å². The van der Waals surface area contributed by atoms with Crippen molar-refractivity contribution in [1.82, 2.24) is 9.97 Å². The molecule has 29 heavy (non-hydrogen) atoms. The van der Waals surface area contributed by atoms with Crippen LogP contribution in [-0.2, 0) is 0 Å². The second-order valence-corrected chi connectivity index (χ2v) is 7.01. The highest BCUT2D eigenvalue weighted by Crippen LogP contribution is 2.27. The Morgan fingerprint density at radius 3 is 2.69 bits per heavy atom. The van der Waals surface area contributed by atoms with Gasteiger partial charge in [-0.1, -0.05) is 0 Å². The summed E-state index contributed by atoms with van der Waals surface area (Å²) in [5.74, 6) is 0.435. The third-order valence-corrected chi connectivity index (χ3v) is 4.90. The normalized spacial score (nSPS) is 19.7. The van der Waals surface area contributed by atoms with E-state index in [1.807, 2.05) is 0 Å². The minimum atomic E-state index is -0.615. The predicted molar refractivity (Wildman–Crippen MR) is 106 cm³/mol. The Hall–Kier alpha value is -3.33. The Balaban J connectivity index is 1.64. The fourth-order valence-electron chi connectivity index (χ4n) is 3.41. The number of nitrogens with one attached hydrogen (secondary N) is 1. The summed E-state index contributed by atoms with van der Waals surface area (Å²) in [6.07, 6.45) is 5.89. The van der Waals surface area contributed by atoms with Crippen molar-refractivity contribution in [2.24, 2.45) is 0 Å². The first-order valence-electron chi connectivity index (χ1n) is 9.32. The maximum Gasteiger partial charge on any atom is 0.433 e. The van der Waals surface area contributed by atoms with E-state index in [0.29, 0.717) is 22.5 Å². The van der Waals surface area contributed by atoms with Crippen LogP contribution in [0.1, 0.15) is 37.3 Å². The molecule has 0 radical (unpaired) electrons. The summed E-state index contributed by atoms with van der Waals surface area (Å²) in [6.45, 7) is 0. The number of rotatable bonds is 5. The first-order valence-corrected chi connectivity index (χ1v) is 9.32. The lowest BCUT2D eigenvalue weighted by Gasteiger charge is -2.27. The average molecular weight is 398 g/mol. The number of aromatic nitrogens is 2. The zero-order valence-electron chi connectivity index (χ0n) is 15.4. The molecule has 9 heteroatoms. The molecule has 1 aromatic carbocycles. The van der Waals surface area contributed by atoms with Crippen molar-refractivity contribution in [3.05, 3.63) is 57.8 Å². The quantitative estimate of drug-likeness (QED) is 0.490. The molecule has 1 fully saturated rings. The molecule has 3 aromatic rings. The van der Waals surface area contributed by atoms with E-state index in [9.17, 15) is 19.6 Å². The van der Waals surface area contributed by atoms with Crippen LogP contribution in [0.2, 0.25) is 0 Å². The number of aliphatic hydroxyl groups is 1. The maximum absolute atomic E-state index is 13.7. The van der Waals surface area contributed by atoms with Crippen molar-refractivity contribution in [3.63, 3.8) is 0 Å². The van der Waals surface area contributed by atoms with E-state index in [4.69, 9.17) is 4.42 Å². The molecule has 1 aliphatic rings. The van der Waals surface area contributed by atoms with Gasteiger partial charge in [0.1, 0.15) is 22.3 Å².